The first-order valence-electron chi connectivity index (χ1n) is 9.92. The van der Waals surface area contributed by atoms with Gasteiger partial charge in [0.05, 0.1) is 0 Å². The van der Waals surface area contributed by atoms with Gasteiger partial charge in [-0.05, 0) is 80.3 Å². The average molecular weight is 392 g/mol. The van der Waals surface area contributed by atoms with Crippen LogP contribution < -0.4 is 11.1 Å². The Hall–Kier alpha value is -3.22. The molecule has 4 rings (SSSR count). The van der Waals surface area contributed by atoms with Gasteiger partial charge in [-0.3, -0.25) is 4.99 Å². The number of aromatic nitrogens is 3. The van der Waals surface area contributed by atoms with E-state index in [-0.39, 0.29) is 11.9 Å². The maximum atomic E-state index is 13.5. The maximum Gasteiger partial charge on any atom is 0.243 e. The van der Waals surface area contributed by atoms with Gasteiger partial charge in [0.1, 0.15) is 5.82 Å². The van der Waals surface area contributed by atoms with Gasteiger partial charge in [-0.2, -0.15) is 4.98 Å². The summed E-state index contributed by atoms with van der Waals surface area (Å²) in [6.07, 6.45) is 6.18. The lowest BCUT2D eigenvalue weighted by molar-refractivity contribution is 0.627. The Morgan fingerprint density at radius 1 is 1.34 bits per heavy atom. The smallest absolute Gasteiger partial charge is 0.243 e. The fraction of sp³-hybridized carbons (Fsp3) is 0.318. The quantitative estimate of drug-likeness (QED) is 0.700. The molecule has 3 N–H and O–H groups in total. The molecule has 0 spiro atoms. The van der Waals surface area contributed by atoms with Crippen molar-refractivity contribution in [3.05, 3.63) is 59.7 Å². The highest BCUT2D eigenvalue weighted by Gasteiger charge is 2.23. The van der Waals surface area contributed by atoms with E-state index in [0.717, 1.165) is 59.4 Å². The van der Waals surface area contributed by atoms with Crippen LogP contribution in [0, 0.1) is 12.7 Å². The molecule has 0 saturated heterocycles. The van der Waals surface area contributed by atoms with Crippen LogP contribution in [0.5, 0.6) is 0 Å². The molecule has 0 aliphatic heterocycles. The van der Waals surface area contributed by atoms with Crippen LogP contribution in [0.1, 0.15) is 31.7 Å². The van der Waals surface area contributed by atoms with E-state index >= 15 is 0 Å². The predicted octanol–water partition coefficient (Wildman–Crippen LogP) is 4.11. The minimum Gasteiger partial charge on any atom is -0.404 e. The Bertz CT molecular complexity index is 1100. The number of nitrogens with one attached hydrogen (secondary N) is 1. The Morgan fingerprint density at radius 3 is 2.97 bits per heavy atom. The minimum atomic E-state index is -0.242. The van der Waals surface area contributed by atoms with Crippen LogP contribution in [0.25, 0.3) is 16.8 Å². The zero-order valence-corrected chi connectivity index (χ0v) is 16.7. The molecule has 1 saturated carbocycles. The van der Waals surface area contributed by atoms with Gasteiger partial charge in [-0.1, -0.05) is 6.07 Å². The zero-order valence-electron chi connectivity index (χ0n) is 16.7. The van der Waals surface area contributed by atoms with Crippen LogP contribution in [0.3, 0.4) is 0 Å². The van der Waals surface area contributed by atoms with Gasteiger partial charge >= 0.3 is 0 Å². The molecule has 6 nitrogen and oxygen atoms in total. The monoisotopic (exact) mass is 392 g/mol. The summed E-state index contributed by atoms with van der Waals surface area (Å²) in [7, 11) is 0. The molecule has 2 aromatic heterocycles. The number of pyridine rings is 1. The summed E-state index contributed by atoms with van der Waals surface area (Å²) in [5.41, 5.74) is 11.5. The van der Waals surface area contributed by atoms with Crippen molar-refractivity contribution in [2.75, 3.05) is 11.9 Å². The molecule has 1 unspecified atom stereocenters. The highest BCUT2D eigenvalue weighted by atomic mass is 19.1. The fourth-order valence-electron chi connectivity index (χ4n) is 3.91. The standard InChI is InChI=1S/C22H25FN6/c1-3-25-20-9-7-17(12-15(20)13-24)26-22-27-21-19(5-4-10-29(21)28-22)18-8-6-16(23)11-14(18)2/h4-6,8,10-11,13,17H,3,7,9,12,24H2,1-2H3,(H,26,28). The molecule has 2 heterocycles. The molecule has 0 radical (unpaired) electrons. The number of anilines is 1. The van der Waals surface area contributed by atoms with E-state index < -0.39 is 0 Å². The first-order chi connectivity index (χ1) is 14.1. The number of halogens is 1. The predicted molar refractivity (Wildman–Crippen MR) is 115 cm³/mol. The number of aryl methyl sites for hydroxylation is 1. The lowest BCUT2D eigenvalue weighted by atomic mass is 9.89. The summed E-state index contributed by atoms with van der Waals surface area (Å²) in [5.74, 6) is 0.337. The van der Waals surface area contributed by atoms with Crippen molar-refractivity contribution in [1.82, 2.24) is 14.6 Å². The molecule has 7 heteroatoms. The summed E-state index contributed by atoms with van der Waals surface area (Å²) < 4.78 is 15.3. The van der Waals surface area contributed by atoms with Crippen LogP contribution in [0.2, 0.25) is 0 Å². The van der Waals surface area contributed by atoms with Gasteiger partial charge in [-0.15, -0.1) is 5.10 Å². The molecule has 29 heavy (non-hydrogen) atoms. The number of benzene rings is 1. The SMILES string of the molecule is CCN=C1CCC(Nc2nc3c(-c4ccc(F)cc4C)cccn3n2)CC1=CN. The first-order valence-corrected chi connectivity index (χ1v) is 9.92. The fourth-order valence-corrected chi connectivity index (χ4v) is 3.91. The topological polar surface area (TPSA) is 80.6 Å². The van der Waals surface area contributed by atoms with Gasteiger partial charge in [0, 0.05) is 30.1 Å². The summed E-state index contributed by atoms with van der Waals surface area (Å²) in [4.78, 5) is 9.27. The van der Waals surface area contributed by atoms with E-state index in [9.17, 15) is 4.39 Å². The van der Waals surface area contributed by atoms with Crippen LogP contribution in [0.4, 0.5) is 10.3 Å². The van der Waals surface area contributed by atoms with E-state index in [1.807, 2.05) is 32.2 Å². The first kappa shape index (κ1) is 19.1. The van der Waals surface area contributed by atoms with Crippen LogP contribution in [-0.2, 0) is 0 Å². The third-order valence-corrected chi connectivity index (χ3v) is 5.29. The molecule has 150 valence electrons. The highest BCUT2D eigenvalue weighted by Crippen LogP contribution is 2.29. The van der Waals surface area contributed by atoms with Gasteiger partial charge in [-0.25, -0.2) is 8.91 Å². The number of rotatable bonds is 4. The van der Waals surface area contributed by atoms with Crippen LogP contribution in [0.15, 0.2) is 53.3 Å². The molecule has 1 aliphatic carbocycles. The van der Waals surface area contributed by atoms with E-state index in [0.29, 0.717) is 5.95 Å². The van der Waals surface area contributed by atoms with Crippen molar-refractivity contribution in [3.8, 4) is 11.1 Å². The molecule has 0 amide bonds. The second-order valence-corrected chi connectivity index (χ2v) is 7.28. The summed E-state index contributed by atoms with van der Waals surface area (Å²) in [5, 5.41) is 8.03. The molecule has 1 fully saturated rings. The summed E-state index contributed by atoms with van der Waals surface area (Å²) in [6.45, 7) is 4.70. The van der Waals surface area contributed by atoms with Gasteiger partial charge < -0.3 is 11.1 Å². The number of hydrogen-bond acceptors (Lipinski definition) is 5. The minimum absolute atomic E-state index is 0.203. The molecule has 1 aliphatic rings. The van der Waals surface area contributed by atoms with Crippen molar-refractivity contribution in [2.45, 2.75) is 39.2 Å². The number of nitrogens with two attached hydrogens (primary N) is 1. The van der Waals surface area contributed by atoms with E-state index in [1.165, 1.54) is 12.1 Å². The normalized spacial score (nSPS) is 19.9. The Labute approximate surface area is 169 Å². The molecule has 1 aromatic carbocycles. The Kier molecular flexibility index (Phi) is 5.29. The second-order valence-electron chi connectivity index (χ2n) is 7.28. The van der Waals surface area contributed by atoms with Crippen molar-refractivity contribution in [2.24, 2.45) is 10.7 Å². The van der Waals surface area contributed by atoms with Crippen molar-refractivity contribution in [1.29, 1.82) is 0 Å². The number of fused-ring (bicyclic) bond motifs is 1. The lowest BCUT2D eigenvalue weighted by Gasteiger charge is -2.25. The zero-order chi connectivity index (χ0) is 20.4. The summed E-state index contributed by atoms with van der Waals surface area (Å²) >= 11 is 0. The van der Waals surface area contributed by atoms with E-state index in [2.05, 4.69) is 15.4 Å². The Morgan fingerprint density at radius 2 is 2.21 bits per heavy atom. The molecule has 1 atom stereocenters. The van der Waals surface area contributed by atoms with E-state index in [1.54, 1.807) is 16.8 Å². The highest BCUT2D eigenvalue weighted by molar-refractivity contribution is 6.01. The largest absolute Gasteiger partial charge is 0.404 e. The third-order valence-electron chi connectivity index (χ3n) is 5.29. The van der Waals surface area contributed by atoms with Crippen LogP contribution in [-0.4, -0.2) is 32.9 Å². The molecule has 3 aromatic rings. The second kappa shape index (κ2) is 8.03. The number of hydrogen-bond donors (Lipinski definition) is 2. The van der Waals surface area contributed by atoms with E-state index in [4.69, 9.17) is 10.7 Å². The van der Waals surface area contributed by atoms with Crippen molar-refractivity contribution in [3.63, 3.8) is 0 Å². The van der Waals surface area contributed by atoms with Gasteiger partial charge in [0.15, 0.2) is 5.65 Å². The van der Waals surface area contributed by atoms with Crippen LogP contribution >= 0.6 is 0 Å². The molecular weight excluding hydrogens is 367 g/mol. The maximum absolute atomic E-state index is 13.5. The third kappa shape index (κ3) is 3.85. The van der Waals surface area contributed by atoms with Crippen molar-refractivity contribution >= 4 is 17.3 Å². The molecule has 0 bridgehead atoms. The lowest BCUT2D eigenvalue weighted by Crippen LogP contribution is -2.29. The van der Waals surface area contributed by atoms with Gasteiger partial charge in [0.25, 0.3) is 0 Å². The van der Waals surface area contributed by atoms with Crippen molar-refractivity contribution < 1.29 is 4.39 Å². The number of aliphatic imine (C=N–C) groups is 1. The average Bonchev–Trinajstić information content (AvgIpc) is 3.12. The number of nitrogens with zero attached hydrogens (tertiary/aromatic N) is 4. The molecular formula is C22H25FN6. The van der Waals surface area contributed by atoms with Gasteiger partial charge in [0.2, 0.25) is 5.95 Å². The Balaban J connectivity index is 1.61. The summed E-state index contributed by atoms with van der Waals surface area (Å²) in [6, 6.07) is 8.90.